The van der Waals surface area contributed by atoms with Crippen LogP contribution in [0.4, 0.5) is 20.3 Å². The topological polar surface area (TPSA) is 76.1 Å². The summed E-state index contributed by atoms with van der Waals surface area (Å²) in [7, 11) is 1.59. The van der Waals surface area contributed by atoms with E-state index in [1.807, 2.05) is 0 Å². The van der Waals surface area contributed by atoms with E-state index >= 15 is 0 Å². The zero-order chi connectivity index (χ0) is 16.7. The van der Waals surface area contributed by atoms with Gasteiger partial charge in [-0.2, -0.15) is 0 Å². The van der Waals surface area contributed by atoms with E-state index in [0.29, 0.717) is 31.1 Å². The molecule has 1 aromatic carbocycles. The molecule has 0 unspecified atom stereocenters. The Hall–Kier alpha value is -2.61. The fourth-order valence-electron chi connectivity index (χ4n) is 1.74. The summed E-state index contributed by atoms with van der Waals surface area (Å²) in [6, 6.07) is 3.39. The number of anilines is 2. The minimum atomic E-state index is -0.963. The fraction of sp³-hybridized carbons (Fsp3) is 0.267. The molecule has 2 rings (SSSR count). The van der Waals surface area contributed by atoms with Crippen LogP contribution in [0.1, 0.15) is 16.9 Å². The Labute approximate surface area is 131 Å². The van der Waals surface area contributed by atoms with Crippen molar-refractivity contribution >= 4 is 17.4 Å². The number of hydrogen-bond acceptors (Lipinski definition) is 5. The van der Waals surface area contributed by atoms with E-state index in [1.54, 1.807) is 7.11 Å². The van der Waals surface area contributed by atoms with Crippen LogP contribution in [0, 0.1) is 11.6 Å². The Bertz CT molecular complexity index is 665. The number of halogens is 2. The van der Waals surface area contributed by atoms with E-state index in [9.17, 15) is 13.6 Å². The second-order valence-corrected chi connectivity index (χ2v) is 4.64. The number of benzene rings is 1. The van der Waals surface area contributed by atoms with Gasteiger partial charge in [-0.1, -0.05) is 0 Å². The van der Waals surface area contributed by atoms with Gasteiger partial charge in [0, 0.05) is 32.0 Å². The smallest absolute Gasteiger partial charge is 0.271 e. The monoisotopic (exact) mass is 322 g/mol. The van der Waals surface area contributed by atoms with Crippen molar-refractivity contribution in [3.63, 3.8) is 0 Å². The molecule has 23 heavy (non-hydrogen) atoms. The van der Waals surface area contributed by atoms with Crippen LogP contribution >= 0.6 is 0 Å². The fourth-order valence-corrected chi connectivity index (χ4v) is 1.74. The van der Waals surface area contributed by atoms with Gasteiger partial charge in [-0.25, -0.2) is 18.7 Å². The highest BCUT2D eigenvalue weighted by atomic mass is 19.2. The van der Waals surface area contributed by atoms with Gasteiger partial charge in [-0.3, -0.25) is 4.79 Å². The summed E-state index contributed by atoms with van der Waals surface area (Å²) in [5.41, 5.74) is 0.494. The van der Waals surface area contributed by atoms with Gasteiger partial charge in [0.15, 0.2) is 11.6 Å². The summed E-state index contributed by atoms with van der Waals surface area (Å²) in [5.74, 6) is -1.92. The van der Waals surface area contributed by atoms with E-state index in [4.69, 9.17) is 4.74 Å². The number of amides is 1. The van der Waals surface area contributed by atoms with Crippen molar-refractivity contribution in [1.29, 1.82) is 0 Å². The maximum absolute atomic E-state index is 13.1. The molecule has 0 atom stereocenters. The Morgan fingerprint density at radius 2 is 2.04 bits per heavy atom. The first-order valence-corrected chi connectivity index (χ1v) is 6.91. The first-order chi connectivity index (χ1) is 11.1. The third-order valence-corrected chi connectivity index (χ3v) is 2.89. The molecule has 0 saturated carbocycles. The first-order valence-electron chi connectivity index (χ1n) is 6.91. The molecular weight excluding hydrogens is 306 g/mol. The van der Waals surface area contributed by atoms with Gasteiger partial charge >= 0.3 is 0 Å². The summed E-state index contributed by atoms with van der Waals surface area (Å²) in [6.07, 6.45) is 3.34. The van der Waals surface area contributed by atoms with Crippen molar-refractivity contribution in [2.24, 2.45) is 0 Å². The molecule has 0 aliphatic carbocycles. The largest absolute Gasteiger partial charge is 0.385 e. The predicted molar refractivity (Wildman–Crippen MR) is 80.5 cm³/mol. The number of nitrogens with one attached hydrogen (secondary N) is 2. The Morgan fingerprint density at radius 1 is 1.22 bits per heavy atom. The van der Waals surface area contributed by atoms with Gasteiger partial charge in [0.2, 0.25) is 0 Å². The van der Waals surface area contributed by atoms with E-state index in [0.717, 1.165) is 12.1 Å². The molecule has 0 radical (unpaired) electrons. The first kappa shape index (κ1) is 16.8. The number of hydrogen-bond donors (Lipinski definition) is 2. The Kier molecular flexibility index (Phi) is 5.93. The van der Waals surface area contributed by atoms with Gasteiger partial charge < -0.3 is 15.4 Å². The molecule has 2 aromatic rings. The van der Waals surface area contributed by atoms with Crippen molar-refractivity contribution in [2.75, 3.05) is 25.6 Å². The lowest BCUT2D eigenvalue weighted by Crippen LogP contribution is -2.26. The van der Waals surface area contributed by atoms with Crippen LogP contribution in [0.15, 0.2) is 30.6 Å². The SMILES string of the molecule is COCCCNC(=O)c1cnc(Nc2ccc(F)c(F)c2)cn1. The van der Waals surface area contributed by atoms with Gasteiger partial charge in [-0.15, -0.1) is 0 Å². The van der Waals surface area contributed by atoms with Crippen LogP contribution in [0.3, 0.4) is 0 Å². The highest BCUT2D eigenvalue weighted by molar-refractivity contribution is 5.92. The molecule has 1 aromatic heterocycles. The van der Waals surface area contributed by atoms with Gasteiger partial charge in [-0.05, 0) is 18.6 Å². The lowest BCUT2D eigenvalue weighted by molar-refractivity contribution is 0.0943. The van der Waals surface area contributed by atoms with Crippen LogP contribution in [0.2, 0.25) is 0 Å². The molecule has 1 amide bonds. The van der Waals surface area contributed by atoms with Crippen LogP contribution in [0.5, 0.6) is 0 Å². The number of nitrogens with zero attached hydrogens (tertiary/aromatic N) is 2. The zero-order valence-corrected chi connectivity index (χ0v) is 12.5. The van der Waals surface area contributed by atoms with E-state index in [-0.39, 0.29) is 11.6 Å². The van der Waals surface area contributed by atoms with E-state index in [2.05, 4.69) is 20.6 Å². The Balaban J connectivity index is 1.93. The van der Waals surface area contributed by atoms with Crippen molar-refractivity contribution in [3.8, 4) is 0 Å². The summed E-state index contributed by atoms with van der Waals surface area (Å²) in [5, 5.41) is 5.45. The average Bonchev–Trinajstić information content (AvgIpc) is 2.55. The van der Waals surface area contributed by atoms with Crippen molar-refractivity contribution < 1.29 is 18.3 Å². The van der Waals surface area contributed by atoms with Crippen LogP contribution in [-0.2, 0) is 4.74 Å². The number of aromatic nitrogens is 2. The van der Waals surface area contributed by atoms with Crippen LogP contribution in [0.25, 0.3) is 0 Å². The van der Waals surface area contributed by atoms with Gasteiger partial charge in [0.05, 0.1) is 12.4 Å². The molecule has 0 aliphatic heterocycles. The quantitative estimate of drug-likeness (QED) is 0.765. The summed E-state index contributed by atoms with van der Waals surface area (Å²) in [6.45, 7) is 1.03. The van der Waals surface area contributed by atoms with Crippen molar-refractivity contribution in [3.05, 3.63) is 47.9 Å². The molecule has 1 heterocycles. The van der Waals surface area contributed by atoms with Crippen molar-refractivity contribution in [1.82, 2.24) is 15.3 Å². The zero-order valence-electron chi connectivity index (χ0n) is 12.5. The predicted octanol–water partition coefficient (Wildman–Crippen LogP) is 2.26. The number of carbonyl (C=O) groups excluding carboxylic acids is 1. The maximum atomic E-state index is 13.1. The molecular formula is C15H16F2N4O2. The Morgan fingerprint density at radius 3 is 2.70 bits per heavy atom. The highest BCUT2D eigenvalue weighted by Gasteiger charge is 2.08. The van der Waals surface area contributed by atoms with E-state index < -0.39 is 11.6 Å². The molecule has 0 saturated heterocycles. The second-order valence-electron chi connectivity index (χ2n) is 4.64. The average molecular weight is 322 g/mol. The van der Waals surface area contributed by atoms with E-state index in [1.165, 1.54) is 18.5 Å². The summed E-state index contributed by atoms with van der Waals surface area (Å²) >= 11 is 0. The third kappa shape index (κ3) is 4.96. The molecule has 0 bridgehead atoms. The third-order valence-electron chi connectivity index (χ3n) is 2.89. The molecule has 6 nitrogen and oxygen atoms in total. The summed E-state index contributed by atoms with van der Waals surface area (Å²) < 4.78 is 30.8. The molecule has 8 heteroatoms. The number of rotatable bonds is 7. The van der Waals surface area contributed by atoms with Crippen molar-refractivity contribution in [2.45, 2.75) is 6.42 Å². The molecule has 2 N–H and O–H groups in total. The number of carbonyl (C=O) groups is 1. The molecule has 0 aliphatic rings. The normalized spacial score (nSPS) is 10.4. The van der Waals surface area contributed by atoms with Gasteiger partial charge in [0.1, 0.15) is 11.5 Å². The standard InChI is InChI=1S/C15H16F2N4O2/c1-23-6-2-5-18-15(22)13-8-20-14(9-19-13)21-10-3-4-11(16)12(17)7-10/h3-4,7-9H,2,5-6H2,1H3,(H,18,22)(H,20,21). The minimum Gasteiger partial charge on any atom is -0.385 e. The number of methoxy groups -OCH3 is 1. The summed E-state index contributed by atoms with van der Waals surface area (Å²) in [4.78, 5) is 19.8. The molecule has 0 spiro atoms. The molecule has 0 fully saturated rings. The second kappa shape index (κ2) is 8.14. The number of ether oxygens (including phenoxy) is 1. The van der Waals surface area contributed by atoms with Crippen LogP contribution < -0.4 is 10.6 Å². The maximum Gasteiger partial charge on any atom is 0.271 e. The molecule has 122 valence electrons. The highest BCUT2D eigenvalue weighted by Crippen LogP contribution is 2.16. The lowest BCUT2D eigenvalue weighted by Gasteiger charge is -2.07. The van der Waals surface area contributed by atoms with Crippen LogP contribution in [-0.4, -0.2) is 36.1 Å². The minimum absolute atomic E-state index is 0.165. The lowest BCUT2D eigenvalue weighted by atomic mass is 10.3. The van der Waals surface area contributed by atoms with Gasteiger partial charge in [0.25, 0.3) is 5.91 Å².